The van der Waals surface area contributed by atoms with Crippen LogP contribution >= 0.6 is 0 Å². The third-order valence-corrected chi connectivity index (χ3v) is 1.24. The molecule has 0 rings (SSSR count). The first kappa shape index (κ1) is 8.27. The average Bonchev–Trinajstić information content (AvgIpc) is 1.84. The van der Waals surface area contributed by atoms with Crippen molar-refractivity contribution in [3.63, 3.8) is 0 Å². The van der Waals surface area contributed by atoms with E-state index in [1.165, 1.54) is 12.0 Å². The fourth-order valence-corrected chi connectivity index (χ4v) is 0.355. The average molecular weight is 131 g/mol. The molecule has 0 aromatic rings. The molecule has 0 aliphatic rings. The number of methoxy groups -OCH3 is 1. The van der Waals surface area contributed by atoms with Gasteiger partial charge in [-0.3, -0.25) is 0 Å². The molecule has 0 unspecified atom stereocenters. The lowest BCUT2D eigenvalue weighted by atomic mass is 10.4. The Morgan fingerprint density at radius 1 is 1.56 bits per heavy atom. The van der Waals surface area contributed by atoms with E-state index in [-0.39, 0.29) is 12.1 Å². The fourth-order valence-electron chi connectivity index (χ4n) is 0.355. The quantitative estimate of drug-likeness (QED) is 0.533. The maximum absolute atomic E-state index is 10.7. The number of amides is 1. The van der Waals surface area contributed by atoms with Crippen LogP contribution in [0.25, 0.3) is 0 Å². The van der Waals surface area contributed by atoms with E-state index in [9.17, 15) is 4.79 Å². The first-order valence-corrected chi connectivity index (χ1v) is 2.90. The second-order valence-electron chi connectivity index (χ2n) is 2.17. The molecule has 0 aromatic carbocycles. The third-order valence-electron chi connectivity index (χ3n) is 1.24. The molecule has 0 spiro atoms. The van der Waals surface area contributed by atoms with Gasteiger partial charge >= 0.3 is 6.09 Å². The van der Waals surface area contributed by atoms with Gasteiger partial charge in [0.05, 0.1) is 7.11 Å². The first-order valence-electron chi connectivity index (χ1n) is 2.90. The van der Waals surface area contributed by atoms with Gasteiger partial charge in [-0.25, -0.2) is 4.79 Å². The lowest BCUT2D eigenvalue weighted by molar-refractivity contribution is 0.123. The zero-order valence-electron chi connectivity index (χ0n) is 6.34. The topological polar surface area (TPSA) is 29.5 Å². The number of carbonyl (C=O) groups excluding carboxylic acids is 1. The predicted octanol–water partition coefficient (Wildman–Crippen LogP) is 1.09. The van der Waals surface area contributed by atoms with E-state index < -0.39 is 0 Å². The van der Waals surface area contributed by atoms with Gasteiger partial charge in [-0.05, 0) is 13.8 Å². The number of ether oxygens (including phenoxy) is 1. The van der Waals surface area contributed by atoms with Gasteiger partial charge in [0.25, 0.3) is 0 Å². The Kier molecular flexibility index (Phi) is 3.06. The highest BCUT2D eigenvalue weighted by Gasteiger charge is 2.09. The number of hydrogen-bond acceptors (Lipinski definition) is 2. The smallest absolute Gasteiger partial charge is 0.409 e. The lowest BCUT2D eigenvalue weighted by Gasteiger charge is -2.18. The van der Waals surface area contributed by atoms with E-state index in [1.54, 1.807) is 7.05 Å². The Morgan fingerprint density at radius 3 is 2.11 bits per heavy atom. The van der Waals surface area contributed by atoms with Crippen molar-refractivity contribution < 1.29 is 9.53 Å². The zero-order valence-corrected chi connectivity index (χ0v) is 6.34. The van der Waals surface area contributed by atoms with Crippen LogP contribution in [-0.2, 0) is 4.74 Å². The lowest BCUT2D eigenvalue weighted by Crippen LogP contribution is -2.32. The maximum Gasteiger partial charge on any atom is 0.409 e. The molecule has 0 aromatic heterocycles. The van der Waals surface area contributed by atoms with Crippen LogP contribution in [0, 0.1) is 0 Å². The Bertz CT molecular complexity index is 101. The summed E-state index contributed by atoms with van der Waals surface area (Å²) >= 11 is 0. The molecule has 0 fully saturated rings. The van der Waals surface area contributed by atoms with E-state index >= 15 is 0 Å². The van der Waals surface area contributed by atoms with E-state index in [1.807, 2.05) is 13.8 Å². The summed E-state index contributed by atoms with van der Waals surface area (Å²) in [5.41, 5.74) is 0. The first-order chi connectivity index (χ1) is 4.09. The van der Waals surface area contributed by atoms with Gasteiger partial charge in [0, 0.05) is 13.1 Å². The molecular weight excluding hydrogens is 118 g/mol. The Balaban J connectivity index is 3.72. The standard InChI is InChI=1S/C6H13NO2/c1-5(2)7(3)6(8)9-4/h5H,1-4H3. The SMILES string of the molecule is COC(=O)N(C)C(C)C. The van der Waals surface area contributed by atoms with Gasteiger partial charge in [-0.2, -0.15) is 0 Å². The van der Waals surface area contributed by atoms with Crippen LogP contribution in [0.3, 0.4) is 0 Å². The van der Waals surface area contributed by atoms with Crippen molar-refractivity contribution >= 4 is 6.09 Å². The minimum Gasteiger partial charge on any atom is -0.453 e. The molecule has 54 valence electrons. The molecule has 0 bridgehead atoms. The van der Waals surface area contributed by atoms with Crippen molar-refractivity contribution in [2.45, 2.75) is 19.9 Å². The Labute approximate surface area is 55.6 Å². The predicted molar refractivity (Wildman–Crippen MR) is 35.3 cm³/mol. The van der Waals surface area contributed by atoms with Crippen LogP contribution in [0.5, 0.6) is 0 Å². The molecular formula is C6H13NO2. The highest BCUT2D eigenvalue weighted by molar-refractivity contribution is 5.67. The fraction of sp³-hybridized carbons (Fsp3) is 0.833. The molecule has 9 heavy (non-hydrogen) atoms. The summed E-state index contributed by atoms with van der Waals surface area (Å²) in [5.74, 6) is 0. The van der Waals surface area contributed by atoms with Gasteiger partial charge in [-0.15, -0.1) is 0 Å². The van der Waals surface area contributed by atoms with Crippen molar-refractivity contribution in [1.29, 1.82) is 0 Å². The second-order valence-corrected chi connectivity index (χ2v) is 2.17. The summed E-state index contributed by atoms with van der Waals surface area (Å²) in [6.07, 6.45) is -0.287. The number of rotatable bonds is 1. The van der Waals surface area contributed by atoms with Gasteiger partial charge in [0.1, 0.15) is 0 Å². The number of nitrogens with zero attached hydrogens (tertiary/aromatic N) is 1. The molecule has 0 radical (unpaired) electrons. The van der Waals surface area contributed by atoms with Gasteiger partial charge in [0.15, 0.2) is 0 Å². The number of carbonyl (C=O) groups is 1. The van der Waals surface area contributed by atoms with Crippen molar-refractivity contribution in [2.24, 2.45) is 0 Å². The molecule has 3 nitrogen and oxygen atoms in total. The highest BCUT2D eigenvalue weighted by Crippen LogP contribution is 1.94. The molecule has 1 amide bonds. The molecule has 0 atom stereocenters. The van der Waals surface area contributed by atoms with Crippen LogP contribution < -0.4 is 0 Å². The largest absolute Gasteiger partial charge is 0.453 e. The minimum absolute atomic E-state index is 0.206. The van der Waals surface area contributed by atoms with Crippen molar-refractivity contribution in [2.75, 3.05) is 14.2 Å². The van der Waals surface area contributed by atoms with Crippen molar-refractivity contribution in [1.82, 2.24) is 4.90 Å². The normalized spacial score (nSPS) is 9.44. The van der Waals surface area contributed by atoms with Crippen LogP contribution in [-0.4, -0.2) is 31.2 Å². The minimum atomic E-state index is -0.287. The summed E-state index contributed by atoms with van der Waals surface area (Å²) in [6.45, 7) is 3.86. The monoisotopic (exact) mass is 131 g/mol. The number of hydrogen-bond donors (Lipinski definition) is 0. The van der Waals surface area contributed by atoms with E-state index in [2.05, 4.69) is 4.74 Å². The molecule has 0 heterocycles. The highest BCUT2D eigenvalue weighted by atomic mass is 16.5. The van der Waals surface area contributed by atoms with Gasteiger partial charge in [-0.1, -0.05) is 0 Å². The molecule has 0 aliphatic heterocycles. The molecule has 0 saturated carbocycles. The molecule has 0 saturated heterocycles. The maximum atomic E-state index is 10.7. The summed E-state index contributed by atoms with van der Waals surface area (Å²) in [5, 5.41) is 0. The Hall–Kier alpha value is -0.730. The van der Waals surface area contributed by atoms with Gasteiger partial charge in [0.2, 0.25) is 0 Å². The Morgan fingerprint density at radius 2 is 2.00 bits per heavy atom. The van der Waals surface area contributed by atoms with Crippen LogP contribution in [0.2, 0.25) is 0 Å². The summed E-state index contributed by atoms with van der Waals surface area (Å²) in [6, 6.07) is 0.206. The van der Waals surface area contributed by atoms with E-state index in [0.29, 0.717) is 0 Å². The summed E-state index contributed by atoms with van der Waals surface area (Å²) in [7, 11) is 3.08. The zero-order chi connectivity index (χ0) is 7.44. The molecule has 0 N–H and O–H groups in total. The van der Waals surface area contributed by atoms with Crippen molar-refractivity contribution in [3.8, 4) is 0 Å². The third kappa shape index (κ3) is 2.35. The van der Waals surface area contributed by atoms with Crippen molar-refractivity contribution in [3.05, 3.63) is 0 Å². The van der Waals surface area contributed by atoms with Gasteiger partial charge < -0.3 is 9.64 Å². The van der Waals surface area contributed by atoms with Crippen LogP contribution in [0.1, 0.15) is 13.8 Å². The van der Waals surface area contributed by atoms with Crippen LogP contribution in [0.15, 0.2) is 0 Å². The summed E-state index contributed by atoms with van der Waals surface area (Å²) < 4.78 is 4.46. The second kappa shape index (κ2) is 3.33. The summed E-state index contributed by atoms with van der Waals surface area (Å²) in [4.78, 5) is 12.2. The van der Waals surface area contributed by atoms with Crippen LogP contribution in [0.4, 0.5) is 4.79 Å². The van der Waals surface area contributed by atoms with E-state index in [0.717, 1.165) is 0 Å². The van der Waals surface area contributed by atoms with E-state index in [4.69, 9.17) is 0 Å². The molecule has 3 heteroatoms. The molecule has 0 aliphatic carbocycles.